The van der Waals surface area contributed by atoms with Gasteiger partial charge in [0.1, 0.15) is 12.4 Å². The molecular weight excluding hydrogens is 278 g/mol. The molecule has 4 heteroatoms. The van der Waals surface area contributed by atoms with Crippen molar-refractivity contribution in [1.82, 2.24) is 0 Å². The van der Waals surface area contributed by atoms with Crippen LogP contribution >= 0.6 is 0 Å². The summed E-state index contributed by atoms with van der Waals surface area (Å²) < 4.78 is 10.9. The van der Waals surface area contributed by atoms with E-state index in [-0.39, 0.29) is 12.6 Å². The number of anilines is 1. The summed E-state index contributed by atoms with van der Waals surface area (Å²) in [5.74, 6) is 0.145. The molecule has 0 bridgehead atoms. The summed E-state index contributed by atoms with van der Waals surface area (Å²) >= 11 is 0. The van der Waals surface area contributed by atoms with Gasteiger partial charge in [0.2, 0.25) is 0 Å². The number of nitrogen functional groups attached to an aromatic ring is 1. The molecule has 22 heavy (non-hydrogen) atoms. The maximum Gasteiger partial charge on any atom is 0.338 e. The van der Waals surface area contributed by atoms with Crippen LogP contribution in [0.1, 0.15) is 35.7 Å². The van der Waals surface area contributed by atoms with Gasteiger partial charge in [-0.05, 0) is 30.2 Å². The highest BCUT2D eigenvalue weighted by Gasteiger charge is 2.11. The van der Waals surface area contributed by atoms with Crippen LogP contribution in [0, 0.1) is 0 Å². The molecule has 2 aromatic carbocycles. The van der Waals surface area contributed by atoms with Gasteiger partial charge in [-0.3, -0.25) is 0 Å². The first kappa shape index (κ1) is 15.9. The van der Waals surface area contributed by atoms with Crippen LogP contribution in [0.25, 0.3) is 0 Å². The van der Waals surface area contributed by atoms with Crippen molar-refractivity contribution in [2.75, 3.05) is 12.3 Å². The fourth-order valence-electron chi connectivity index (χ4n) is 1.92. The lowest BCUT2D eigenvalue weighted by atomic mass is 10.2. The highest BCUT2D eigenvalue weighted by Crippen LogP contribution is 2.23. The average molecular weight is 299 g/mol. The molecule has 0 unspecified atom stereocenters. The maximum absolute atomic E-state index is 12.1. The van der Waals surface area contributed by atoms with Crippen molar-refractivity contribution in [3.05, 3.63) is 59.7 Å². The molecular formula is C18H21NO3. The Labute approximate surface area is 130 Å². The van der Waals surface area contributed by atoms with Crippen molar-refractivity contribution in [3.8, 4) is 5.75 Å². The van der Waals surface area contributed by atoms with E-state index in [2.05, 4.69) is 6.92 Å². The van der Waals surface area contributed by atoms with Crippen molar-refractivity contribution >= 4 is 11.7 Å². The lowest BCUT2D eigenvalue weighted by Crippen LogP contribution is -2.07. The van der Waals surface area contributed by atoms with Gasteiger partial charge >= 0.3 is 5.97 Å². The normalized spacial score (nSPS) is 10.2. The zero-order chi connectivity index (χ0) is 15.8. The molecule has 0 aliphatic carbocycles. The third-order valence-electron chi connectivity index (χ3n) is 3.22. The summed E-state index contributed by atoms with van der Waals surface area (Å²) in [7, 11) is 0. The van der Waals surface area contributed by atoms with Crippen molar-refractivity contribution < 1.29 is 14.3 Å². The van der Waals surface area contributed by atoms with E-state index in [9.17, 15) is 4.79 Å². The van der Waals surface area contributed by atoms with E-state index in [0.29, 0.717) is 23.6 Å². The number of nitrogens with two attached hydrogens (primary N) is 1. The molecule has 0 amide bonds. The molecule has 0 spiro atoms. The van der Waals surface area contributed by atoms with E-state index < -0.39 is 0 Å². The van der Waals surface area contributed by atoms with Crippen LogP contribution < -0.4 is 10.5 Å². The number of esters is 1. The zero-order valence-electron chi connectivity index (χ0n) is 12.7. The highest BCUT2D eigenvalue weighted by molar-refractivity contribution is 5.90. The van der Waals surface area contributed by atoms with Crippen LogP contribution in [0.4, 0.5) is 5.69 Å². The average Bonchev–Trinajstić information content (AvgIpc) is 2.55. The van der Waals surface area contributed by atoms with E-state index >= 15 is 0 Å². The molecule has 0 heterocycles. The van der Waals surface area contributed by atoms with Gasteiger partial charge in [-0.15, -0.1) is 0 Å². The minimum Gasteiger partial charge on any atom is -0.491 e. The Morgan fingerprint density at radius 1 is 1.14 bits per heavy atom. The Hall–Kier alpha value is -2.49. The van der Waals surface area contributed by atoms with Crippen molar-refractivity contribution in [2.45, 2.75) is 26.4 Å². The lowest BCUT2D eigenvalue weighted by molar-refractivity contribution is 0.0472. The summed E-state index contributed by atoms with van der Waals surface area (Å²) in [5.41, 5.74) is 7.77. The van der Waals surface area contributed by atoms with Gasteiger partial charge in [-0.25, -0.2) is 4.79 Å². The maximum atomic E-state index is 12.1. The molecule has 0 aliphatic heterocycles. The first-order chi connectivity index (χ1) is 10.7. The fourth-order valence-corrected chi connectivity index (χ4v) is 1.92. The topological polar surface area (TPSA) is 61.5 Å². The second-order valence-electron chi connectivity index (χ2n) is 5.02. The monoisotopic (exact) mass is 299 g/mol. The molecule has 116 valence electrons. The Kier molecular flexibility index (Phi) is 5.83. The molecule has 0 aromatic heterocycles. The first-order valence-corrected chi connectivity index (χ1v) is 7.44. The standard InChI is InChI=1S/C18H21NO3/c1-2-3-11-21-17-12-15(9-10-16(17)19)18(20)22-13-14-7-5-4-6-8-14/h4-10,12H,2-3,11,13,19H2,1H3. The van der Waals surface area contributed by atoms with Gasteiger partial charge < -0.3 is 15.2 Å². The van der Waals surface area contributed by atoms with Gasteiger partial charge in [0.25, 0.3) is 0 Å². The fraction of sp³-hybridized carbons (Fsp3) is 0.278. The van der Waals surface area contributed by atoms with Gasteiger partial charge in [0, 0.05) is 0 Å². The predicted molar refractivity (Wildman–Crippen MR) is 86.8 cm³/mol. The second kappa shape index (κ2) is 8.08. The Balaban J connectivity index is 1.98. The molecule has 0 atom stereocenters. The van der Waals surface area contributed by atoms with E-state index in [1.807, 2.05) is 30.3 Å². The Morgan fingerprint density at radius 2 is 1.91 bits per heavy atom. The summed E-state index contributed by atoms with van der Waals surface area (Å²) in [4.78, 5) is 12.1. The van der Waals surface area contributed by atoms with Crippen LogP contribution in [0.2, 0.25) is 0 Å². The molecule has 0 fully saturated rings. The lowest BCUT2D eigenvalue weighted by Gasteiger charge is -2.10. The number of carbonyl (C=O) groups is 1. The number of rotatable bonds is 7. The molecule has 0 aliphatic rings. The SMILES string of the molecule is CCCCOc1cc(C(=O)OCc2ccccc2)ccc1N. The Bertz CT molecular complexity index is 611. The van der Waals surface area contributed by atoms with Gasteiger partial charge in [0.15, 0.2) is 0 Å². The highest BCUT2D eigenvalue weighted by atomic mass is 16.5. The van der Waals surface area contributed by atoms with Crippen LogP contribution in [-0.2, 0) is 11.3 Å². The predicted octanol–water partition coefficient (Wildman–Crippen LogP) is 3.80. The van der Waals surface area contributed by atoms with E-state index in [1.165, 1.54) is 0 Å². The number of unbranched alkanes of at least 4 members (excludes halogenated alkanes) is 1. The van der Waals surface area contributed by atoms with E-state index in [4.69, 9.17) is 15.2 Å². The Morgan fingerprint density at radius 3 is 2.64 bits per heavy atom. The number of carbonyl (C=O) groups excluding carboxylic acids is 1. The molecule has 2 rings (SSSR count). The smallest absolute Gasteiger partial charge is 0.338 e. The van der Waals surface area contributed by atoms with Crippen molar-refractivity contribution in [1.29, 1.82) is 0 Å². The zero-order valence-corrected chi connectivity index (χ0v) is 12.7. The summed E-state index contributed by atoms with van der Waals surface area (Å²) in [6.45, 7) is 2.92. The van der Waals surface area contributed by atoms with Crippen molar-refractivity contribution in [2.24, 2.45) is 0 Å². The molecule has 0 saturated heterocycles. The molecule has 2 N–H and O–H groups in total. The molecule has 4 nitrogen and oxygen atoms in total. The van der Waals surface area contributed by atoms with Crippen LogP contribution in [0.15, 0.2) is 48.5 Å². The number of hydrogen-bond donors (Lipinski definition) is 1. The number of hydrogen-bond acceptors (Lipinski definition) is 4. The second-order valence-corrected chi connectivity index (χ2v) is 5.02. The van der Waals surface area contributed by atoms with E-state index in [0.717, 1.165) is 18.4 Å². The van der Waals surface area contributed by atoms with E-state index in [1.54, 1.807) is 18.2 Å². The molecule has 0 radical (unpaired) electrons. The minimum absolute atomic E-state index is 0.246. The molecule has 0 saturated carbocycles. The van der Waals surface area contributed by atoms with Gasteiger partial charge in [-0.2, -0.15) is 0 Å². The van der Waals surface area contributed by atoms with Gasteiger partial charge in [0.05, 0.1) is 17.9 Å². The molecule has 2 aromatic rings. The number of ether oxygens (including phenoxy) is 2. The minimum atomic E-state index is -0.385. The third kappa shape index (κ3) is 4.52. The summed E-state index contributed by atoms with van der Waals surface area (Å²) in [6, 6.07) is 14.5. The largest absolute Gasteiger partial charge is 0.491 e. The van der Waals surface area contributed by atoms with Gasteiger partial charge in [-0.1, -0.05) is 43.7 Å². The first-order valence-electron chi connectivity index (χ1n) is 7.44. The quantitative estimate of drug-likeness (QED) is 0.480. The van der Waals surface area contributed by atoms with Crippen LogP contribution in [0.5, 0.6) is 5.75 Å². The number of benzene rings is 2. The summed E-state index contributed by atoms with van der Waals surface area (Å²) in [6.07, 6.45) is 1.99. The third-order valence-corrected chi connectivity index (χ3v) is 3.22. The summed E-state index contributed by atoms with van der Waals surface area (Å²) in [5, 5.41) is 0. The van der Waals surface area contributed by atoms with Crippen LogP contribution in [0.3, 0.4) is 0 Å². The van der Waals surface area contributed by atoms with Crippen LogP contribution in [-0.4, -0.2) is 12.6 Å². The van der Waals surface area contributed by atoms with Crippen molar-refractivity contribution in [3.63, 3.8) is 0 Å².